The van der Waals surface area contributed by atoms with Gasteiger partial charge in [0.15, 0.2) is 0 Å². The average Bonchev–Trinajstić information content (AvgIpc) is 2.46. The van der Waals surface area contributed by atoms with Crippen molar-refractivity contribution >= 4 is 11.6 Å². The van der Waals surface area contributed by atoms with Crippen LogP contribution < -0.4 is 10.1 Å². The molecule has 2 nitrogen and oxygen atoms in total. The van der Waals surface area contributed by atoms with Crippen molar-refractivity contribution in [1.82, 2.24) is 5.32 Å². The van der Waals surface area contributed by atoms with Gasteiger partial charge in [-0.25, -0.2) is 0 Å². The maximum Gasteiger partial charge on any atom is 0.137 e. The van der Waals surface area contributed by atoms with Crippen LogP contribution in [0, 0.1) is 0 Å². The molecular weight excluding hydrogens is 258 g/mol. The van der Waals surface area contributed by atoms with E-state index in [4.69, 9.17) is 16.3 Å². The summed E-state index contributed by atoms with van der Waals surface area (Å²) in [4.78, 5) is 0. The maximum absolute atomic E-state index is 6.10. The molecule has 106 valence electrons. The SMILES string of the molecule is CCCNC1CCCC(c2ccc(Cl)c(OC)c2)C1. The predicted molar refractivity (Wildman–Crippen MR) is 81.3 cm³/mol. The van der Waals surface area contributed by atoms with E-state index in [-0.39, 0.29) is 0 Å². The summed E-state index contributed by atoms with van der Waals surface area (Å²) >= 11 is 6.10. The van der Waals surface area contributed by atoms with E-state index in [1.807, 2.05) is 6.07 Å². The molecule has 1 aliphatic carbocycles. The van der Waals surface area contributed by atoms with E-state index >= 15 is 0 Å². The fourth-order valence-electron chi connectivity index (χ4n) is 2.96. The second kappa shape index (κ2) is 7.16. The fraction of sp³-hybridized carbons (Fsp3) is 0.625. The third-order valence-electron chi connectivity index (χ3n) is 4.00. The quantitative estimate of drug-likeness (QED) is 0.865. The van der Waals surface area contributed by atoms with E-state index < -0.39 is 0 Å². The van der Waals surface area contributed by atoms with Crippen LogP contribution >= 0.6 is 11.6 Å². The second-order valence-corrected chi connectivity index (χ2v) is 5.82. The van der Waals surface area contributed by atoms with Crippen LogP contribution in [0.2, 0.25) is 5.02 Å². The molecule has 1 N–H and O–H groups in total. The molecule has 0 aromatic heterocycles. The summed E-state index contributed by atoms with van der Waals surface area (Å²) in [5.41, 5.74) is 1.37. The average molecular weight is 282 g/mol. The van der Waals surface area contributed by atoms with Crippen LogP contribution in [-0.2, 0) is 0 Å². The Balaban J connectivity index is 2.04. The lowest BCUT2D eigenvalue weighted by Gasteiger charge is -2.30. The Kier molecular flexibility index (Phi) is 5.53. The second-order valence-electron chi connectivity index (χ2n) is 5.41. The summed E-state index contributed by atoms with van der Waals surface area (Å²) in [5, 5.41) is 4.35. The zero-order valence-electron chi connectivity index (χ0n) is 11.9. The lowest BCUT2D eigenvalue weighted by atomic mass is 9.81. The van der Waals surface area contributed by atoms with Gasteiger partial charge in [0.05, 0.1) is 12.1 Å². The highest BCUT2D eigenvalue weighted by atomic mass is 35.5. The van der Waals surface area contributed by atoms with Gasteiger partial charge in [-0.2, -0.15) is 0 Å². The Morgan fingerprint density at radius 3 is 2.95 bits per heavy atom. The Hall–Kier alpha value is -0.730. The number of hydrogen-bond acceptors (Lipinski definition) is 2. The van der Waals surface area contributed by atoms with Gasteiger partial charge in [0, 0.05) is 6.04 Å². The van der Waals surface area contributed by atoms with Crippen molar-refractivity contribution in [1.29, 1.82) is 0 Å². The third-order valence-corrected chi connectivity index (χ3v) is 4.32. The van der Waals surface area contributed by atoms with E-state index in [0.717, 1.165) is 12.3 Å². The molecule has 0 radical (unpaired) electrons. The minimum Gasteiger partial charge on any atom is -0.495 e. The van der Waals surface area contributed by atoms with Gasteiger partial charge in [-0.05, 0) is 55.8 Å². The molecule has 0 amide bonds. The number of benzene rings is 1. The largest absolute Gasteiger partial charge is 0.495 e. The van der Waals surface area contributed by atoms with Crippen LogP contribution in [0.3, 0.4) is 0 Å². The van der Waals surface area contributed by atoms with Gasteiger partial charge in [-0.3, -0.25) is 0 Å². The Bertz CT molecular complexity index is 408. The summed E-state index contributed by atoms with van der Waals surface area (Å²) in [6.07, 6.45) is 6.31. The molecule has 3 heteroatoms. The van der Waals surface area contributed by atoms with Crippen molar-refractivity contribution in [2.75, 3.05) is 13.7 Å². The van der Waals surface area contributed by atoms with Crippen LogP contribution in [0.5, 0.6) is 5.75 Å². The smallest absolute Gasteiger partial charge is 0.137 e. The number of rotatable bonds is 5. The number of hydrogen-bond donors (Lipinski definition) is 1. The lowest BCUT2D eigenvalue weighted by molar-refractivity contribution is 0.339. The first-order valence-corrected chi connectivity index (χ1v) is 7.69. The van der Waals surface area contributed by atoms with Gasteiger partial charge in [0.1, 0.15) is 5.75 Å². The van der Waals surface area contributed by atoms with Gasteiger partial charge in [-0.1, -0.05) is 31.0 Å². The molecule has 2 unspecified atom stereocenters. The van der Waals surface area contributed by atoms with E-state index in [0.29, 0.717) is 17.0 Å². The summed E-state index contributed by atoms with van der Waals surface area (Å²) in [7, 11) is 1.68. The van der Waals surface area contributed by atoms with E-state index in [2.05, 4.69) is 24.4 Å². The summed E-state index contributed by atoms with van der Waals surface area (Å²) < 4.78 is 5.32. The summed E-state index contributed by atoms with van der Waals surface area (Å²) in [6.45, 7) is 3.35. The number of nitrogens with one attached hydrogen (secondary N) is 1. The molecule has 2 atom stereocenters. The fourth-order valence-corrected chi connectivity index (χ4v) is 3.15. The Morgan fingerprint density at radius 1 is 1.37 bits per heavy atom. The summed E-state index contributed by atoms with van der Waals surface area (Å²) in [6, 6.07) is 6.88. The van der Waals surface area contributed by atoms with Crippen LogP contribution in [-0.4, -0.2) is 19.7 Å². The topological polar surface area (TPSA) is 21.3 Å². The first-order chi connectivity index (χ1) is 9.24. The Morgan fingerprint density at radius 2 is 2.21 bits per heavy atom. The zero-order chi connectivity index (χ0) is 13.7. The minimum atomic E-state index is 0.634. The van der Waals surface area contributed by atoms with Crippen molar-refractivity contribution < 1.29 is 4.74 Å². The van der Waals surface area contributed by atoms with Gasteiger partial charge in [0.2, 0.25) is 0 Å². The zero-order valence-corrected chi connectivity index (χ0v) is 12.7. The molecule has 0 heterocycles. The predicted octanol–water partition coefficient (Wildman–Crippen LogP) is 4.37. The van der Waals surface area contributed by atoms with Crippen molar-refractivity contribution in [2.24, 2.45) is 0 Å². The van der Waals surface area contributed by atoms with Crippen molar-refractivity contribution in [3.8, 4) is 5.75 Å². The molecule has 1 aromatic carbocycles. The molecule has 19 heavy (non-hydrogen) atoms. The number of halogens is 1. The highest BCUT2D eigenvalue weighted by molar-refractivity contribution is 6.32. The number of methoxy groups -OCH3 is 1. The maximum atomic E-state index is 6.10. The van der Waals surface area contributed by atoms with Gasteiger partial charge in [-0.15, -0.1) is 0 Å². The highest BCUT2D eigenvalue weighted by Crippen LogP contribution is 2.36. The van der Waals surface area contributed by atoms with Crippen LogP contribution in [0.1, 0.15) is 50.5 Å². The molecule has 1 fully saturated rings. The third kappa shape index (κ3) is 3.87. The first-order valence-electron chi connectivity index (χ1n) is 7.31. The highest BCUT2D eigenvalue weighted by Gasteiger charge is 2.23. The molecule has 0 aliphatic heterocycles. The van der Waals surface area contributed by atoms with E-state index in [1.165, 1.54) is 37.7 Å². The molecule has 1 aliphatic rings. The molecule has 1 aromatic rings. The number of ether oxygens (including phenoxy) is 1. The van der Waals surface area contributed by atoms with E-state index in [1.54, 1.807) is 7.11 Å². The first kappa shape index (κ1) is 14.7. The molecule has 0 saturated heterocycles. The van der Waals surface area contributed by atoms with Crippen LogP contribution in [0.4, 0.5) is 0 Å². The summed E-state index contributed by atoms with van der Waals surface area (Å²) in [5.74, 6) is 1.43. The molecule has 1 saturated carbocycles. The molecule has 0 spiro atoms. The Labute approximate surface area is 121 Å². The minimum absolute atomic E-state index is 0.634. The van der Waals surface area contributed by atoms with Crippen molar-refractivity contribution in [2.45, 2.75) is 51.0 Å². The van der Waals surface area contributed by atoms with Gasteiger partial charge >= 0.3 is 0 Å². The van der Waals surface area contributed by atoms with Crippen LogP contribution in [0.15, 0.2) is 18.2 Å². The van der Waals surface area contributed by atoms with Crippen LogP contribution in [0.25, 0.3) is 0 Å². The normalized spacial score (nSPS) is 23.3. The molecule has 2 rings (SSSR count). The van der Waals surface area contributed by atoms with E-state index in [9.17, 15) is 0 Å². The lowest BCUT2D eigenvalue weighted by Crippen LogP contribution is -2.34. The molecular formula is C16H24ClNO. The van der Waals surface area contributed by atoms with Gasteiger partial charge in [0.25, 0.3) is 0 Å². The van der Waals surface area contributed by atoms with Crippen molar-refractivity contribution in [3.63, 3.8) is 0 Å². The van der Waals surface area contributed by atoms with Crippen molar-refractivity contribution in [3.05, 3.63) is 28.8 Å². The monoisotopic (exact) mass is 281 g/mol. The standard InChI is InChI=1S/C16H24ClNO/c1-3-9-18-14-6-4-5-12(10-14)13-7-8-15(17)16(11-13)19-2/h7-8,11-12,14,18H,3-6,9-10H2,1-2H3. The molecule has 0 bridgehead atoms. The van der Waals surface area contributed by atoms with Gasteiger partial charge < -0.3 is 10.1 Å².